The minimum atomic E-state index is -1.26. The molecule has 0 atom stereocenters. The summed E-state index contributed by atoms with van der Waals surface area (Å²) >= 11 is 5.12. The fourth-order valence-corrected chi connectivity index (χ4v) is 0.358. The molecule has 0 spiro atoms. The maximum absolute atomic E-state index is 12.4. The van der Waals surface area contributed by atoms with Crippen LogP contribution >= 0.6 is 11.6 Å². The first kappa shape index (κ1) is 8.18. The van der Waals surface area contributed by atoms with Crippen LogP contribution in [-0.4, -0.2) is 18.3 Å². The van der Waals surface area contributed by atoms with Crippen LogP contribution in [0.1, 0.15) is 13.8 Å². The standard InChI is InChI=1S/C5H10ClFO/c1-5(2,7)3-8-4-6/h3-4H2,1-2H3. The Morgan fingerprint density at radius 2 is 2.12 bits per heavy atom. The predicted molar refractivity (Wildman–Crippen MR) is 31.9 cm³/mol. The van der Waals surface area contributed by atoms with E-state index in [0.29, 0.717) is 0 Å². The first-order chi connectivity index (χ1) is 3.56. The van der Waals surface area contributed by atoms with E-state index in [4.69, 9.17) is 11.6 Å². The maximum Gasteiger partial charge on any atom is 0.128 e. The molecule has 0 aliphatic heterocycles. The summed E-state index contributed by atoms with van der Waals surface area (Å²) in [4.78, 5) is 0. The molecule has 0 aliphatic carbocycles. The number of hydrogen-bond acceptors (Lipinski definition) is 1. The van der Waals surface area contributed by atoms with Gasteiger partial charge in [0.2, 0.25) is 0 Å². The second-order valence-corrected chi connectivity index (χ2v) is 2.39. The van der Waals surface area contributed by atoms with Gasteiger partial charge in [0.15, 0.2) is 0 Å². The molecule has 0 aromatic carbocycles. The highest BCUT2D eigenvalue weighted by molar-refractivity contribution is 6.17. The predicted octanol–water partition coefficient (Wildman–Crippen LogP) is 1.95. The Balaban J connectivity index is 3.11. The van der Waals surface area contributed by atoms with E-state index < -0.39 is 5.67 Å². The highest BCUT2D eigenvalue weighted by atomic mass is 35.5. The number of rotatable bonds is 3. The van der Waals surface area contributed by atoms with Crippen molar-refractivity contribution < 1.29 is 9.13 Å². The van der Waals surface area contributed by atoms with E-state index in [-0.39, 0.29) is 12.7 Å². The highest BCUT2D eigenvalue weighted by Gasteiger charge is 2.14. The summed E-state index contributed by atoms with van der Waals surface area (Å²) in [5.74, 6) is 0. The lowest BCUT2D eigenvalue weighted by molar-refractivity contribution is 0.0591. The van der Waals surface area contributed by atoms with Gasteiger partial charge >= 0.3 is 0 Å². The molecule has 0 saturated carbocycles. The van der Waals surface area contributed by atoms with Crippen molar-refractivity contribution in [3.63, 3.8) is 0 Å². The normalized spacial score (nSPS) is 12.0. The van der Waals surface area contributed by atoms with E-state index in [2.05, 4.69) is 4.74 Å². The second-order valence-electron chi connectivity index (χ2n) is 2.18. The molecule has 3 heteroatoms. The Kier molecular flexibility index (Phi) is 3.33. The van der Waals surface area contributed by atoms with E-state index in [9.17, 15) is 4.39 Å². The minimum absolute atomic E-state index is 0.0628. The summed E-state index contributed by atoms with van der Waals surface area (Å²) in [7, 11) is 0. The molecule has 1 nitrogen and oxygen atoms in total. The van der Waals surface area contributed by atoms with Gasteiger partial charge in [-0.05, 0) is 13.8 Å². The fourth-order valence-electron chi connectivity index (χ4n) is 0.281. The van der Waals surface area contributed by atoms with Crippen LogP contribution in [0.5, 0.6) is 0 Å². The molecule has 0 unspecified atom stereocenters. The minimum Gasteiger partial charge on any atom is -0.362 e. The van der Waals surface area contributed by atoms with Crippen molar-refractivity contribution >= 4 is 11.6 Å². The van der Waals surface area contributed by atoms with Crippen LogP contribution in [0.25, 0.3) is 0 Å². The third-order valence-electron chi connectivity index (χ3n) is 0.522. The molecule has 50 valence electrons. The number of alkyl halides is 2. The molecule has 0 aliphatic rings. The third kappa shape index (κ3) is 6.18. The zero-order valence-electron chi connectivity index (χ0n) is 5.08. The van der Waals surface area contributed by atoms with Gasteiger partial charge in [0.05, 0.1) is 6.61 Å². The number of halogens is 2. The Morgan fingerprint density at radius 1 is 1.62 bits per heavy atom. The van der Waals surface area contributed by atoms with Gasteiger partial charge in [0.1, 0.15) is 11.7 Å². The van der Waals surface area contributed by atoms with Crippen LogP contribution in [0.3, 0.4) is 0 Å². The molecule has 0 aromatic heterocycles. The Labute approximate surface area is 53.8 Å². The first-order valence-corrected chi connectivity index (χ1v) is 2.92. The smallest absolute Gasteiger partial charge is 0.128 e. The molecule has 0 fully saturated rings. The van der Waals surface area contributed by atoms with Gasteiger partial charge in [-0.25, -0.2) is 4.39 Å². The summed E-state index contributed by atoms with van der Waals surface area (Å²) in [6.45, 7) is 2.95. The SMILES string of the molecule is CC(C)(F)COCCl. The molecule has 0 aromatic rings. The molecule has 0 amide bonds. The lowest BCUT2D eigenvalue weighted by atomic mass is 10.2. The molecule has 8 heavy (non-hydrogen) atoms. The zero-order chi connectivity index (χ0) is 6.62. The Bertz CT molecular complexity index is 59.9. The van der Waals surface area contributed by atoms with Crippen molar-refractivity contribution in [2.75, 3.05) is 12.7 Å². The average Bonchev–Trinajstić information content (AvgIpc) is 1.59. The maximum atomic E-state index is 12.4. The summed E-state index contributed by atoms with van der Waals surface area (Å²) < 4.78 is 17.0. The van der Waals surface area contributed by atoms with Crippen LogP contribution in [0.4, 0.5) is 4.39 Å². The number of ether oxygens (including phenoxy) is 1. The summed E-state index contributed by atoms with van der Waals surface area (Å²) in [5.41, 5.74) is -1.26. The van der Waals surface area contributed by atoms with Crippen molar-refractivity contribution in [3.05, 3.63) is 0 Å². The van der Waals surface area contributed by atoms with Crippen molar-refractivity contribution in [2.24, 2.45) is 0 Å². The lowest BCUT2D eigenvalue weighted by Crippen LogP contribution is -2.19. The van der Waals surface area contributed by atoms with Crippen molar-refractivity contribution in [2.45, 2.75) is 19.5 Å². The fraction of sp³-hybridized carbons (Fsp3) is 1.00. The second kappa shape index (κ2) is 3.25. The topological polar surface area (TPSA) is 9.23 Å². The summed E-state index contributed by atoms with van der Waals surface area (Å²) in [6, 6.07) is 0.0628. The van der Waals surface area contributed by atoms with E-state index in [1.54, 1.807) is 0 Å². The summed E-state index contributed by atoms with van der Waals surface area (Å²) in [6.07, 6.45) is 0. The van der Waals surface area contributed by atoms with Crippen LogP contribution < -0.4 is 0 Å². The molecular weight excluding hydrogens is 131 g/mol. The van der Waals surface area contributed by atoms with Gasteiger partial charge < -0.3 is 4.74 Å². The van der Waals surface area contributed by atoms with Crippen molar-refractivity contribution in [3.8, 4) is 0 Å². The molecule has 0 saturated heterocycles. The van der Waals surface area contributed by atoms with Gasteiger partial charge in [0, 0.05) is 0 Å². The van der Waals surface area contributed by atoms with Gasteiger partial charge in [-0.15, -0.1) is 0 Å². The van der Waals surface area contributed by atoms with Gasteiger partial charge in [-0.1, -0.05) is 11.6 Å². The van der Waals surface area contributed by atoms with Crippen LogP contribution in [0.2, 0.25) is 0 Å². The van der Waals surface area contributed by atoms with Crippen LogP contribution in [0, 0.1) is 0 Å². The third-order valence-corrected chi connectivity index (χ3v) is 0.677. The van der Waals surface area contributed by atoms with Gasteiger partial charge in [-0.2, -0.15) is 0 Å². The Morgan fingerprint density at radius 3 is 2.25 bits per heavy atom. The van der Waals surface area contributed by atoms with Gasteiger partial charge in [-0.3, -0.25) is 0 Å². The largest absolute Gasteiger partial charge is 0.362 e. The quantitative estimate of drug-likeness (QED) is 0.545. The Hall–Kier alpha value is 0.180. The highest BCUT2D eigenvalue weighted by Crippen LogP contribution is 2.07. The molecular formula is C5H10ClFO. The molecule has 0 radical (unpaired) electrons. The van der Waals surface area contributed by atoms with E-state index in [0.717, 1.165) is 0 Å². The summed E-state index contributed by atoms with van der Waals surface area (Å²) in [5, 5.41) is 0. The van der Waals surface area contributed by atoms with Crippen molar-refractivity contribution in [1.82, 2.24) is 0 Å². The number of hydrogen-bond donors (Lipinski definition) is 0. The molecule has 0 bridgehead atoms. The zero-order valence-corrected chi connectivity index (χ0v) is 5.83. The average molecular weight is 141 g/mol. The molecule has 0 rings (SSSR count). The van der Waals surface area contributed by atoms with E-state index >= 15 is 0 Å². The van der Waals surface area contributed by atoms with E-state index in [1.807, 2.05) is 0 Å². The lowest BCUT2D eigenvalue weighted by Gasteiger charge is -2.11. The molecule has 0 heterocycles. The monoisotopic (exact) mass is 140 g/mol. The molecule has 0 N–H and O–H groups in total. The van der Waals surface area contributed by atoms with Crippen molar-refractivity contribution in [1.29, 1.82) is 0 Å². The van der Waals surface area contributed by atoms with E-state index in [1.165, 1.54) is 13.8 Å². The van der Waals surface area contributed by atoms with Crippen LogP contribution in [-0.2, 0) is 4.74 Å². The van der Waals surface area contributed by atoms with Gasteiger partial charge in [0.25, 0.3) is 0 Å². The van der Waals surface area contributed by atoms with Crippen LogP contribution in [0.15, 0.2) is 0 Å². The first-order valence-electron chi connectivity index (χ1n) is 2.39.